The van der Waals surface area contributed by atoms with Crippen LogP contribution in [0, 0.1) is 0 Å². The number of carbonyl (C=O) groups excluding carboxylic acids is 1. The summed E-state index contributed by atoms with van der Waals surface area (Å²) in [7, 11) is 0. The van der Waals surface area contributed by atoms with Crippen LogP contribution in [0.3, 0.4) is 0 Å². The number of aliphatic carboxylic acids is 1. The summed E-state index contributed by atoms with van der Waals surface area (Å²) in [6.07, 6.45) is 0. The molecule has 6 heteroatoms. The van der Waals surface area contributed by atoms with E-state index in [2.05, 4.69) is 15.9 Å². The number of amides is 1. The summed E-state index contributed by atoms with van der Waals surface area (Å²) in [5.41, 5.74) is 6.12. The van der Waals surface area contributed by atoms with E-state index in [1.807, 2.05) is 6.92 Å². The Morgan fingerprint density at radius 2 is 2.12 bits per heavy atom. The Balaban J connectivity index is 3.23. The summed E-state index contributed by atoms with van der Waals surface area (Å²) in [6.45, 7) is 2.12. The van der Waals surface area contributed by atoms with Gasteiger partial charge in [-0.2, -0.15) is 0 Å². The highest BCUT2D eigenvalue weighted by Gasteiger charge is 2.18. The summed E-state index contributed by atoms with van der Waals surface area (Å²) < 4.78 is 0.561. The Bertz CT molecular complexity index is 448. The second kappa shape index (κ2) is 5.67. The molecule has 0 saturated heterocycles. The quantitative estimate of drug-likeness (QED) is 0.862. The predicted molar refractivity (Wildman–Crippen MR) is 68.2 cm³/mol. The van der Waals surface area contributed by atoms with Gasteiger partial charge in [-0.1, -0.05) is 6.07 Å². The number of carboxylic acids is 1. The Hall–Kier alpha value is -1.56. The molecule has 0 heterocycles. The normalized spacial score (nSPS) is 10.0. The fraction of sp³-hybridized carbons (Fsp3) is 0.273. The van der Waals surface area contributed by atoms with E-state index in [-0.39, 0.29) is 6.54 Å². The Morgan fingerprint density at radius 3 is 2.59 bits per heavy atom. The van der Waals surface area contributed by atoms with E-state index < -0.39 is 11.9 Å². The van der Waals surface area contributed by atoms with Crippen molar-refractivity contribution in [3.05, 3.63) is 28.2 Å². The molecule has 0 aromatic heterocycles. The van der Waals surface area contributed by atoms with Crippen LogP contribution in [-0.4, -0.2) is 30.1 Å². The molecule has 0 radical (unpaired) electrons. The van der Waals surface area contributed by atoms with E-state index in [9.17, 15) is 9.59 Å². The lowest BCUT2D eigenvalue weighted by molar-refractivity contribution is -0.135. The molecule has 0 aliphatic rings. The minimum Gasteiger partial charge on any atom is -0.480 e. The van der Waals surface area contributed by atoms with Crippen molar-refractivity contribution in [2.45, 2.75) is 6.92 Å². The molecule has 0 atom stereocenters. The highest BCUT2D eigenvalue weighted by Crippen LogP contribution is 2.27. The number of nitrogens with zero attached hydrogens (tertiary/aromatic N) is 1. The zero-order valence-electron chi connectivity index (χ0n) is 9.31. The Kier molecular flexibility index (Phi) is 4.51. The first kappa shape index (κ1) is 13.5. The van der Waals surface area contributed by atoms with Gasteiger partial charge in [-0.05, 0) is 35.0 Å². The van der Waals surface area contributed by atoms with Gasteiger partial charge in [-0.3, -0.25) is 9.59 Å². The van der Waals surface area contributed by atoms with Crippen molar-refractivity contribution >= 4 is 33.5 Å². The highest BCUT2D eigenvalue weighted by molar-refractivity contribution is 9.10. The molecular formula is C11H13BrN2O3. The van der Waals surface area contributed by atoms with Gasteiger partial charge in [0.15, 0.2) is 0 Å². The van der Waals surface area contributed by atoms with Crippen LogP contribution in [0.25, 0.3) is 0 Å². The van der Waals surface area contributed by atoms with E-state index in [0.29, 0.717) is 22.3 Å². The third-order valence-corrected chi connectivity index (χ3v) is 2.95. The third kappa shape index (κ3) is 3.20. The maximum Gasteiger partial charge on any atom is 0.323 e. The standard InChI is InChI=1S/C11H13BrN2O3/c1-2-14(6-9(15)16)8-5-3-4-7(12)10(8)11(13)17/h3-5H,2,6H2,1H3,(H2,13,17)(H,15,16). The lowest BCUT2D eigenvalue weighted by Crippen LogP contribution is -2.31. The molecule has 0 fully saturated rings. The van der Waals surface area contributed by atoms with E-state index in [1.54, 1.807) is 23.1 Å². The topological polar surface area (TPSA) is 83.6 Å². The number of nitrogens with two attached hydrogens (primary N) is 1. The van der Waals surface area contributed by atoms with Crippen molar-refractivity contribution in [3.8, 4) is 0 Å². The number of likely N-dealkylation sites (N-methyl/N-ethyl adjacent to an activating group) is 1. The van der Waals surface area contributed by atoms with Gasteiger partial charge in [0.2, 0.25) is 0 Å². The molecule has 1 rings (SSSR count). The average molecular weight is 301 g/mol. The molecule has 0 saturated carbocycles. The predicted octanol–water partition coefficient (Wildman–Crippen LogP) is 1.46. The number of halogens is 1. The number of carboxylic acid groups (broad SMARTS) is 1. The minimum absolute atomic E-state index is 0.173. The molecule has 5 nitrogen and oxygen atoms in total. The first-order valence-electron chi connectivity index (χ1n) is 5.02. The summed E-state index contributed by atoms with van der Waals surface area (Å²) in [5.74, 6) is -1.54. The SMILES string of the molecule is CCN(CC(=O)O)c1cccc(Br)c1C(N)=O. The molecule has 0 aliphatic heterocycles. The van der Waals surface area contributed by atoms with Crippen LogP contribution >= 0.6 is 15.9 Å². The number of carbonyl (C=O) groups is 2. The van der Waals surface area contributed by atoms with Crippen LogP contribution in [0.4, 0.5) is 5.69 Å². The maximum atomic E-state index is 11.4. The molecule has 0 unspecified atom stereocenters. The Labute approximate surface area is 107 Å². The van der Waals surface area contributed by atoms with Crippen molar-refractivity contribution in [2.75, 3.05) is 18.0 Å². The van der Waals surface area contributed by atoms with Gasteiger partial charge in [0.05, 0.1) is 11.3 Å². The fourth-order valence-corrected chi connectivity index (χ4v) is 2.10. The Morgan fingerprint density at radius 1 is 1.47 bits per heavy atom. The summed E-state index contributed by atoms with van der Waals surface area (Å²) in [5, 5.41) is 8.81. The van der Waals surface area contributed by atoms with Gasteiger partial charge in [0, 0.05) is 11.0 Å². The minimum atomic E-state index is -0.956. The number of hydrogen-bond donors (Lipinski definition) is 2. The molecule has 0 bridgehead atoms. The van der Waals surface area contributed by atoms with Crippen molar-refractivity contribution in [2.24, 2.45) is 5.73 Å². The average Bonchev–Trinajstić information content (AvgIpc) is 2.24. The third-order valence-electron chi connectivity index (χ3n) is 2.29. The van der Waals surface area contributed by atoms with Gasteiger partial charge in [-0.25, -0.2) is 0 Å². The number of anilines is 1. The second-order valence-corrected chi connectivity index (χ2v) is 4.26. The maximum absolute atomic E-state index is 11.4. The van der Waals surface area contributed by atoms with Gasteiger partial charge >= 0.3 is 5.97 Å². The molecule has 1 aromatic carbocycles. The first-order chi connectivity index (χ1) is 7.97. The summed E-state index contributed by atoms with van der Waals surface area (Å²) in [4.78, 5) is 23.7. The monoisotopic (exact) mass is 300 g/mol. The van der Waals surface area contributed by atoms with Crippen LogP contribution in [0.1, 0.15) is 17.3 Å². The van der Waals surface area contributed by atoms with E-state index in [0.717, 1.165) is 0 Å². The fourth-order valence-electron chi connectivity index (χ4n) is 1.55. The molecule has 0 aliphatic carbocycles. The van der Waals surface area contributed by atoms with Crippen molar-refractivity contribution in [1.82, 2.24) is 0 Å². The summed E-state index contributed by atoms with van der Waals surface area (Å²) in [6, 6.07) is 5.10. The van der Waals surface area contributed by atoms with E-state index in [4.69, 9.17) is 10.8 Å². The molecule has 0 spiro atoms. The zero-order valence-corrected chi connectivity index (χ0v) is 10.9. The molecule has 17 heavy (non-hydrogen) atoms. The molecule has 1 aromatic rings. The first-order valence-corrected chi connectivity index (χ1v) is 5.81. The van der Waals surface area contributed by atoms with Crippen molar-refractivity contribution in [1.29, 1.82) is 0 Å². The summed E-state index contributed by atoms with van der Waals surface area (Å²) >= 11 is 3.24. The zero-order chi connectivity index (χ0) is 13.0. The largest absolute Gasteiger partial charge is 0.480 e. The van der Waals surface area contributed by atoms with Crippen molar-refractivity contribution in [3.63, 3.8) is 0 Å². The van der Waals surface area contributed by atoms with Crippen LogP contribution in [0.2, 0.25) is 0 Å². The number of primary amides is 1. The lowest BCUT2D eigenvalue weighted by Gasteiger charge is -2.23. The molecule has 92 valence electrons. The molecule has 3 N–H and O–H groups in total. The number of hydrogen-bond acceptors (Lipinski definition) is 3. The van der Waals surface area contributed by atoms with Crippen LogP contribution in [0.5, 0.6) is 0 Å². The number of benzene rings is 1. The number of rotatable bonds is 5. The smallest absolute Gasteiger partial charge is 0.323 e. The van der Waals surface area contributed by atoms with Crippen LogP contribution < -0.4 is 10.6 Å². The van der Waals surface area contributed by atoms with Gasteiger partial charge in [0.25, 0.3) is 5.91 Å². The second-order valence-electron chi connectivity index (χ2n) is 3.41. The van der Waals surface area contributed by atoms with E-state index >= 15 is 0 Å². The van der Waals surface area contributed by atoms with Crippen molar-refractivity contribution < 1.29 is 14.7 Å². The van der Waals surface area contributed by atoms with Gasteiger partial charge < -0.3 is 15.7 Å². The highest BCUT2D eigenvalue weighted by atomic mass is 79.9. The molecule has 1 amide bonds. The van der Waals surface area contributed by atoms with Crippen LogP contribution in [-0.2, 0) is 4.79 Å². The van der Waals surface area contributed by atoms with Crippen LogP contribution in [0.15, 0.2) is 22.7 Å². The molecular weight excluding hydrogens is 288 g/mol. The van der Waals surface area contributed by atoms with Gasteiger partial charge in [-0.15, -0.1) is 0 Å². The van der Waals surface area contributed by atoms with Gasteiger partial charge in [0.1, 0.15) is 6.54 Å². The lowest BCUT2D eigenvalue weighted by atomic mass is 10.1. The van der Waals surface area contributed by atoms with E-state index in [1.165, 1.54) is 0 Å².